The molecule has 2 aliphatic rings. The van der Waals surface area contributed by atoms with Gasteiger partial charge in [0, 0.05) is 13.7 Å². The number of unbranched alkanes of at least 4 members (excludes halogenated alkanes) is 1. The first-order valence-electron chi connectivity index (χ1n) is 12.5. The Bertz CT molecular complexity index is 728. The molecule has 0 bridgehead atoms. The maximum atomic E-state index is 13.3. The number of amides is 1. The van der Waals surface area contributed by atoms with Gasteiger partial charge in [0.25, 0.3) is 0 Å². The molecule has 8 nitrogen and oxygen atoms in total. The van der Waals surface area contributed by atoms with Gasteiger partial charge in [-0.2, -0.15) is 0 Å². The standard InChI is InChI=1S/C24H46N2O6S/c1-8-9-15-25-33(28,29)17-20(30-7)21-19(16-18-13-11-10-12-14-18)26(24(5,6)31-21)22(27)32-23(2,3)4/h18-21,25H,8-17H2,1-7H3/t19-,20-,21-/m0/s1. The molecule has 1 saturated carbocycles. The molecular formula is C24H46N2O6S. The molecule has 3 atom stereocenters. The highest BCUT2D eigenvalue weighted by atomic mass is 32.2. The Morgan fingerprint density at radius 3 is 2.39 bits per heavy atom. The Hall–Kier alpha value is -0.900. The molecule has 1 N–H and O–H groups in total. The molecule has 1 aliphatic carbocycles. The van der Waals surface area contributed by atoms with Crippen LogP contribution in [0.5, 0.6) is 0 Å². The van der Waals surface area contributed by atoms with Crippen LogP contribution in [-0.2, 0) is 24.2 Å². The fraction of sp³-hybridized carbons (Fsp3) is 0.958. The Balaban J connectivity index is 2.31. The zero-order valence-corrected chi connectivity index (χ0v) is 22.5. The third-order valence-electron chi connectivity index (χ3n) is 6.51. The normalized spacial score (nSPS) is 25.2. The van der Waals surface area contributed by atoms with Crippen LogP contribution in [0, 0.1) is 5.92 Å². The van der Waals surface area contributed by atoms with E-state index < -0.39 is 39.7 Å². The van der Waals surface area contributed by atoms with Crippen molar-refractivity contribution in [3.8, 4) is 0 Å². The van der Waals surface area contributed by atoms with Gasteiger partial charge in [-0.1, -0.05) is 45.4 Å². The van der Waals surface area contributed by atoms with Crippen LogP contribution in [0.15, 0.2) is 0 Å². The molecule has 0 aromatic carbocycles. The van der Waals surface area contributed by atoms with Crippen molar-refractivity contribution in [1.29, 1.82) is 0 Å². The summed E-state index contributed by atoms with van der Waals surface area (Å²) in [6, 6.07) is -0.325. The summed E-state index contributed by atoms with van der Waals surface area (Å²) in [6.07, 6.45) is 6.55. The van der Waals surface area contributed by atoms with Crippen LogP contribution in [0.4, 0.5) is 4.79 Å². The quantitative estimate of drug-likeness (QED) is 0.455. The number of methoxy groups -OCH3 is 1. The molecular weight excluding hydrogens is 444 g/mol. The summed E-state index contributed by atoms with van der Waals surface area (Å²) in [5.74, 6) is 0.252. The summed E-state index contributed by atoms with van der Waals surface area (Å²) in [4.78, 5) is 15.0. The smallest absolute Gasteiger partial charge is 0.412 e. The van der Waals surface area contributed by atoms with Gasteiger partial charge in [-0.05, 0) is 53.4 Å². The largest absolute Gasteiger partial charge is 0.444 e. The molecule has 0 aromatic heterocycles. The summed E-state index contributed by atoms with van der Waals surface area (Å²) in [5, 5.41) is 0. The number of sulfonamides is 1. The van der Waals surface area contributed by atoms with E-state index in [1.165, 1.54) is 26.4 Å². The van der Waals surface area contributed by atoms with Gasteiger partial charge in [-0.15, -0.1) is 0 Å². The lowest BCUT2D eigenvalue weighted by atomic mass is 9.83. The predicted octanol–water partition coefficient (Wildman–Crippen LogP) is 4.43. The van der Waals surface area contributed by atoms with E-state index in [4.69, 9.17) is 14.2 Å². The van der Waals surface area contributed by atoms with Crippen LogP contribution < -0.4 is 4.72 Å². The van der Waals surface area contributed by atoms with Crippen molar-refractivity contribution in [2.45, 2.75) is 122 Å². The first-order chi connectivity index (χ1) is 15.3. The van der Waals surface area contributed by atoms with Crippen LogP contribution >= 0.6 is 0 Å². The minimum absolute atomic E-state index is 0.211. The molecule has 0 spiro atoms. The van der Waals surface area contributed by atoms with Gasteiger partial charge in [0.1, 0.15) is 23.5 Å². The van der Waals surface area contributed by atoms with Crippen molar-refractivity contribution in [3.05, 3.63) is 0 Å². The van der Waals surface area contributed by atoms with E-state index in [-0.39, 0.29) is 11.8 Å². The Morgan fingerprint density at radius 1 is 1.21 bits per heavy atom. The van der Waals surface area contributed by atoms with E-state index in [0.717, 1.165) is 32.1 Å². The Morgan fingerprint density at radius 2 is 1.85 bits per heavy atom. The van der Waals surface area contributed by atoms with Gasteiger partial charge in [0.2, 0.25) is 10.0 Å². The van der Waals surface area contributed by atoms with Gasteiger partial charge in [0.05, 0.1) is 11.8 Å². The van der Waals surface area contributed by atoms with E-state index in [9.17, 15) is 13.2 Å². The summed E-state index contributed by atoms with van der Waals surface area (Å²) < 4.78 is 46.0. The molecule has 0 aromatic rings. The van der Waals surface area contributed by atoms with E-state index in [1.54, 1.807) is 4.90 Å². The highest BCUT2D eigenvalue weighted by Crippen LogP contribution is 2.41. The van der Waals surface area contributed by atoms with E-state index >= 15 is 0 Å². The van der Waals surface area contributed by atoms with Crippen molar-refractivity contribution in [3.63, 3.8) is 0 Å². The predicted molar refractivity (Wildman–Crippen MR) is 129 cm³/mol. The average Bonchev–Trinajstić information content (AvgIpc) is 2.96. The first kappa shape index (κ1) is 28.3. The minimum Gasteiger partial charge on any atom is -0.444 e. The van der Waals surface area contributed by atoms with Crippen molar-refractivity contribution in [2.24, 2.45) is 5.92 Å². The van der Waals surface area contributed by atoms with Gasteiger partial charge < -0.3 is 14.2 Å². The van der Waals surface area contributed by atoms with Crippen LogP contribution in [0.1, 0.15) is 92.9 Å². The first-order valence-corrected chi connectivity index (χ1v) is 14.1. The molecule has 0 unspecified atom stereocenters. The highest BCUT2D eigenvalue weighted by molar-refractivity contribution is 7.89. The molecule has 0 radical (unpaired) electrons. The molecule has 1 amide bonds. The summed E-state index contributed by atoms with van der Waals surface area (Å²) in [7, 11) is -2.04. The molecule has 2 fully saturated rings. The van der Waals surface area contributed by atoms with E-state index in [1.807, 2.05) is 41.5 Å². The van der Waals surface area contributed by atoms with Crippen molar-refractivity contribution in [2.75, 3.05) is 19.4 Å². The molecule has 1 aliphatic heterocycles. The maximum absolute atomic E-state index is 13.3. The zero-order valence-electron chi connectivity index (χ0n) is 21.7. The number of nitrogens with zero attached hydrogens (tertiary/aromatic N) is 1. The molecule has 33 heavy (non-hydrogen) atoms. The second-order valence-electron chi connectivity index (χ2n) is 11.0. The summed E-state index contributed by atoms with van der Waals surface area (Å²) in [6.45, 7) is 11.6. The van der Waals surface area contributed by atoms with Crippen molar-refractivity contribution >= 4 is 16.1 Å². The average molecular weight is 491 g/mol. The maximum Gasteiger partial charge on any atom is 0.412 e. The fourth-order valence-electron chi connectivity index (χ4n) is 4.99. The molecule has 9 heteroatoms. The minimum atomic E-state index is -3.55. The third kappa shape index (κ3) is 8.37. The van der Waals surface area contributed by atoms with Crippen LogP contribution in [0.25, 0.3) is 0 Å². The lowest BCUT2D eigenvalue weighted by Crippen LogP contribution is -2.52. The van der Waals surface area contributed by atoms with Gasteiger partial charge >= 0.3 is 6.09 Å². The summed E-state index contributed by atoms with van der Waals surface area (Å²) in [5.41, 5.74) is -1.59. The van der Waals surface area contributed by atoms with E-state index in [2.05, 4.69) is 4.72 Å². The third-order valence-corrected chi connectivity index (χ3v) is 7.92. The number of ether oxygens (including phenoxy) is 3. The van der Waals surface area contributed by atoms with Crippen LogP contribution in [0.3, 0.4) is 0 Å². The number of rotatable bonds is 10. The lowest BCUT2D eigenvalue weighted by Gasteiger charge is -2.37. The van der Waals surface area contributed by atoms with E-state index in [0.29, 0.717) is 12.5 Å². The topological polar surface area (TPSA) is 94.2 Å². The Kier molecular flexibility index (Phi) is 10.0. The number of carbonyl (C=O) groups excluding carboxylic acids is 1. The zero-order chi connectivity index (χ0) is 24.9. The highest BCUT2D eigenvalue weighted by Gasteiger charge is 2.54. The van der Waals surface area contributed by atoms with Gasteiger partial charge in [-0.3, -0.25) is 4.90 Å². The number of hydrogen-bond donors (Lipinski definition) is 1. The number of nitrogens with one attached hydrogen (secondary N) is 1. The Labute approximate surface area is 201 Å². The lowest BCUT2D eigenvalue weighted by molar-refractivity contribution is -0.105. The number of hydrogen-bond acceptors (Lipinski definition) is 6. The van der Waals surface area contributed by atoms with Gasteiger partial charge in [0.15, 0.2) is 0 Å². The monoisotopic (exact) mass is 490 g/mol. The summed E-state index contributed by atoms with van der Waals surface area (Å²) >= 11 is 0. The molecule has 194 valence electrons. The number of carbonyl (C=O) groups is 1. The fourth-order valence-corrected chi connectivity index (χ4v) is 6.32. The molecule has 1 saturated heterocycles. The van der Waals surface area contributed by atoms with Crippen molar-refractivity contribution < 1.29 is 27.4 Å². The second-order valence-corrected chi connectivity index (χ2v) is 12.8. The SMILES string of the molecule is CCCCNS(=O)(=O)C[C@H](OC)[C@H]1OC(C)(C)N(C(=O)OC(C)(C)C)[C@H]1CC1CCCCC1. The molecule has 1 heterocycles. The van der Waals surface area contributed by atoms with Gasteiger partial charge in [-0.25, -0.2) is 17.9 Å². The molecule has 2 rings (SSSR count). The van der Waals surface area contributed by atoms with Crippen LogP contribution in [0.2, 0.25) is 0 Å². The van der Waals surface area contributed by atoms with Crippen LogP contribution in [-0.4, -0.2) is 68.4 Å². The second kappa shape index (κ2) is 11.7. The van der Waals surface area contributed by atoms with Crippen molar-refractivity contribution in [1.82, 2.24) is 9.62 Å².